The van der Waals surface area contributed by atoms with Crippen molar-refractivity contribution >= 4 is 38.6 Å². The zero-order valence-electron chi connectivity index (χ0n) is 21.2. The molecule has 4 aromatic rings. The number of halogens is 1. The highest BCUT2D eigenvalue weighted by Gasteiger charge is 2.23. The maximum Gasteiger partial charge on any atom is 0.254 e. The summed E-state index contributed by atoms with van der Waals surface area (Å²) in [6.45, 7) is 3.72. The van der Waals surface area contributed by atoms with Crippen LogP contribution in [-0.2, 0) is 22.5 Å². The molecule has 0 aliphatic carbocycles. The van der Waals surface area contributed by atoms with Gasteiger partial charge in [-0.15, -0.1) is 0 Å². The summed E-state index contributed by atoms with van der Waals surface area (Å²) in [4.78, 5) is 33.7. The second-order valence-corrected chi connectivity index (χ2v) is 10.1. The van der Waals surface area contributed by atoms with Crippen molar-refractivity contribution in [1.29, 1.82) is 0 Å². The van der Waals surface area contributed by atoms with Crippen molar-refractivity contribution < 1.29 is 14.3 Å². The van der Waals surface area contributed by atoms with Gasteiger partial charge in [0.25, 0.3) is 5.91 Å². The fraction of sp³-hybridized carbons (Fsp3) is 0.267. The number of methoxy groups -OCH3 is 1. The fourth-order valence-electron chi connectivity index (χ4n) is 4.32. The van der Waals surface area contributed by atoms with Crippen molar-refractivity contribution in [2.75, 3.05) is 33.4 Å². The smallest absolute Gasteiger partial charge is 0.254 e. The van der Waals surface area contributed by atoms with Crippen LogP contribution in [0.4, 0.5) is 0 Å². The number of carbonyl (C=O) groups is 2. The topological polar surface area (TPSA) is 65.6 Å². The van der Waals surface area contributed by atoms with Crippen LogP contribution >= 0.6 is 15.9 Å². The minimum absolute atomic E-state index is 0.0194. The number of rotatable bonds is 11. The van der Waals surface area contributed by atoms with Crippen LogP contribution in [0.3, 0.4) is 0 Å². The molecule has 1 heterocycles. The first-order valence-electron chi connectivity index (χ1n) is 12.4. The highest BCUT2D eigenvalue weighted by atomic mass is 79.9. The third-order valence-electron chi connectivity index (χ3n) is 6.42. The van der Waals surface area contributed by atoms with Crippen LogP contribution < -0.4 is 0 Å². The van der Waals surface area contributed by atoms with E-state index >= 15 is 0 Å². The van der Waals surface area contributed by atoms with Crippen LogP contribution in [0.5, 0.6) is 0 Å². The Morgan fingerprint density at radius 1 is 0.946 bits per heavy atom. The standard InChI is InChI=1S/C30H32BrN3O3/c1-22-10-12-23(13-11-22)20-33(15-14-25-19-32-28-9-4-3-8-27(25)28)29(35)21-34(16-17-37-2)30(36)24-6-5-7-26(31)18-24/h3-13,18-19,32H,14-17,20-21H2,1-2H3. The predicted molar refractivity (Wildman–Crippen MR) is 151 cm³/mol. The summed E-state index contributed by atoms with van der Waals surface area (Å²) in [7, 11) is 1.59. The highest BCUT2D eigenvalue weighted by Crippen LogP contribution is 2.19. The van der Waals surface area contributed by atoms with E-state index in [1.54, 1.807) is 24.1 Å². The highest BCUT2D eigenvalue weighted by molar-refractivity contribution is 9.10. The number of para-hydroxylation sites is 1. The molecule has 0 saturated carbocycles. The summed E-state index contributed by atoms with van der Waals surface area (Å²) in [6.07, 6.45) is 2.72. The number of aromatic nitrogens is 1. The molecule has 1 N–H and O–H groups in total. The molecule has 0 fully saturated rings. The number of benzene rings is 3. The minimum Gasteiger partial charge on any atom is -0.383 e. The second kappa shape index (κ2) is 12.7. The van der Waals surface area contributed by atoms with E-state index < -0.39 is 0 Å². The Bertz CT molecular complexity index is 1350. The van der Waals surface area contributed by atoms with Crippen molar-refractivity contribution in [1.82, 2.24) is 14.8 Å². The summed E-state index contributed by atoms with van der Waals surface area (Å²) in [5, 5.41) is 1.16. The van der Waals surface area contributed by atoms with E-state index in [0.29, 0.717) is 38.2 Å². The average Bonchev–Trinajstić information content (AvgIpc) is 3.32. The molecule has 1 aromatic heterocycles. The van der Waals surface area contributed by atoms with E-state index in [4.69, 9.17) is 4.74 Å². The Labute approximate surface area is 226 Å². The number of hydrogen-bond donors (Lipinski definition) is 1. The largest absolute Gasteiger partial charge is 0.383 e. The van der Waals surface area contributed by atoms with Crippen molar-refractivity contribution in [3.05, 3.63) is 106 Å². The Morgan fingerprint density at radius 2 is 1.73 bits per heavy atom. The molecular weight excluding hydrogens is 530 g/mol. The molecule has 37 heavy (non-hydrogen) atoms. The van der Waals surface area contributed by atoms with Gasteiger partial charge in [-0.05, 0) is 48.7 Å². The van der Waals surface area contributed by atoms with Gasteiger partial charge in [-0.1, -0.05) is 70.0 Å². The summed E-state index contributed by atoms with van der Waals surface area (Å²) in [5.74, 6) is -0.293. The van der Waals surface area contributed by atoms with Gasteiger partial charge >= 0.3 is 0 Å². The lowest BCUT2D eigenvalue weighted by molar-refractivity contribution is -0.132. The van der Waals surface area contributed by atoms with Gasteiger partial charge in [-0.25, -0.2) is 0 Å². The van der Waals surface area contributed by atoms with E-state index in [2.05, 4.69) is 57.3 Å². The number of fused-ring (bicyclic) bond motifs is 1. The molecule has 0 bridgehead atoms. The van der Waals surface area contributed by atoms with Gasteiger partial charge < -0.3 is 19.5 Å². The predicted octanol–water partition coefficient (Wildman–Crippen LogP) is 5.60. The van der Waals surface area contributed by atoms with Crippen LogP contribution in [0, 0.1) is 6.92 Å². The normalized spacial score (nSPS) is 11.0. The van der Waals surface area contributed by atoms with Gasteiger partial charge in [0.2, 0.25) is 5.91 Å². The molecule has 0 unspecified atom stereocenters. The lowest BCUT2D eigenvalue weighted by Gasteiger charge is -2.28. The SMILES string of the molecule is COCCN(CC(=O)N(CCc1c[nH]c2ccccc12)Cc1ccc(C)cc1)C(=O)c1cccc(Br)c1. The Balaban J connectivity index is 1.54. The van der Waals surface area contributed by atoms with E-state index in [9.17, 15) is 9.59 Å². The Kier molecular flexibility index (Phi) is 9.14. The zero-order chi connectivity index (χ0) is 26.2. The molecule has 6 nitrogen and oxygen atoms in total. The first-order chi connectivity index (χ1) is 17.9. The maximum absolute atomic E-state index is 13.7. The van der Waals surface area contributed by atoms with Gasteiger partial charge in [-0.2, -0.15) is 0 Å². The molecule has 7 heteroatoms. The molecule has 0 aliphatic heterocycles. The van der Waals surface area contributed by atoms with E-state index in [0.717, 1.165) is 20.9 Å². The molecule has 2 amide bonds. The van der Waals surface area contributed by atoms with Crippen LogP contribution in [0.15, 0.2) is 83.5 Å². The average molecular weight is 563 g/mol. The number of H-pyrrole nitrogens is 1. The molecular formula is C30H32BrN3O3. The van der Waals surface area contributed by atoms with Crippen molar-refractivity contribution in [2.24, 2.45) is 0 Å². The van der Waals surface area contributed by atoms with E-state index in [-0.39, 0.29) is 18.4 Å². The first kappa shape index (κ1) is 26.6. The summed E-state index contributed by atoms with van der Waals surface area (Å²) >= 11 is 3.43. The number of aryl methyl sites for hydroxylation is 1. The summed E-state index contributed by atoms with van der Waals surface area (Å²) < 4.78 is 6.05. The number of carbonyl (C=O) groups excluding carboxylic acids is 2. The molecule has 0 radical (unpaired) electrons. The summed E-state index contributed by atoms with van der Waals surface area (Å²) in [6, 6.07) is 23.6. The van der Waals surface area contributed by atoms with Crippen molar-refractivity contribution in [3.63, 3.8) is 0 Å². The number of amides is 2. The number of ether oxygens (including phenoxy) is 1. The molecule has 0 spiro atoms. The van der Waals surface area contributed by atoms with Gasteiger partial charge in [-0.3, -0.25) is 9.59 Å². The third kappa shape index (κ3) is 7.08. The maximum atomic E-state index is 13.7. The Morgan fingerprint density at radius 3 is 2.49 bits per heavy atom. The van der Waals surface area contributed by atoms with Crippen LogP contribution in [0.1, 0.15) is 27.0 Å². The Hall–Kier alpha value is -3.42. The molecule has 0 atom stereocenters. The molecule has 4 rings (SSSR count). The van der Waals surface area contributed by atoms with Gasteiger partial charge in [0.15, 0.2) is 0 Å². The number of aromatic amines is 1. The monoisotopic (exact) mass is 561 g/mol. The third-order valence-corrected chi connectivity index (χ3v) is 6.92. The van der Waals surface area contributed by atoms with E-state index in [1.165, 1.54) is 11.1 Å². The zero-order valence-corrected chi connectivity index (χ0v) is 22.8. The number of nitrogens with one attached hydrogen (secondary N) is 1. The van der Waals surface area contributed by atoms with Crippen LogP contribution in [-0.4, -0.2) is 59.9 Å². The quantitative estimate of drug-likeness (QED) is 0.259. The lowest BCUT2D eigenvalue weighted by atomic mass is 10.1. The molecule has 3 aromatic carbocycles. The van der Waals surface area contributed by atoms with Crippen molar-refractivity contribution in [3.8, 4) is 0 Å². The number of nitrogens with zero attached hydrogens (tertiary/aromatic N) is 2. The first-order valence-corrected chi connectivity index (χ1v) is 13.2. The second-order valence-electron chi connectivity index (χ2n) is 9.14. The van der Waals surface area contributed by atoms with Gasteiger partial charge in [0.1, 0.15) is 6.54 Å². The summed E-state index contributed by atoms with van der Waals surface area (Å²) in [5.41, 5.74) is 5.01. The van der Waals surface area contributed by atoms with Gasteiger partial charge in [0.05, 0.1) is 6.61 Å². The van der Waals surface area contributed by atoms with E-state index in [1.807, 2.05) is 42.3 Å². The van der Waals surface area contributed by atoms with Crippen molar-refractivity contribution in [2.45, 2.75) is 19.9 Å². The lowest BCUT2D eigenvalue weighted by Crippen LogP contribution is -2.44. The molecule has 192 valence electrons. The van der Waals surface area contributed by atoms with Crippen LogP contribution in [0.25, 0.3) is 10.9 Å². The minimum atomic E-state index is -0.196. The van der Waals surface area contributed by atoms with Crippen LogP contribution in [0.2, 0.25) is 0 Å². The number of hydrogen-bond acceptors (Lipinski definition) is 3. The molecule has 0 saturated heterocycles. The molecule has 0 aliphatic rings. The fourth-order valence-corrected chi connectivity index (χ4v) is 4.72. The van der Waals surface area contributed by atoms with Gasteiger partial charge in [0, 0.05) is 53.9 Å².